The molecule has 4 heterocycles. The SMILES string of the molecule is Cn1cc(-c2cn3nccc3c(N3CCC(C#N)C3=O)n2)cn1. The molecule has 8 heteroatoms. The summed E-state index contributed by atoms with van der Waals surface area (Å²) < 4.78 is 3.38. The lowest BCUT2D eigenvalue weighted by Crippen LogP contribution is -2.28. The van der Waals surface area contributed by atoms with E-state index in [0.29, 0.717) is 24.5 Å². The normalized spacial score (nSPS) is 17.8. The van der Waals surface area contributed by atoms with Gasteiger partial charge in [0.15, 0.2) is 5.82 Å². The monoisotopic (exact) mass is 307 g/mol. The topological polar surface area (TPSA) is 92.1 Å². The number of anilines is 1. The zero-order chi connectivity index (χ0) is 16.0. The fourth-order valence-corrected chi connectivity index (χ4v) is 2.81. The molecule has 0 saturated carbocycles. The zero-order valence-corrected chi connectivity index (χ0v) is 12.4. The Hall–Kier alpha value is -3.21. The van der Waals surface area contributed by atoms with Crippen molar-refractivity contribution in [2.24, 2.45) is 13.0 Å². The van der Waals surface area contributed by atoms with Crippen molar-refractivity contribution < 1.29 is 4.79 Å². The van der Waals surface area contributed by atoms with Crippen LogP contribution >= 0.6 is 0 Å². The summed E-state index contributed by atoms with van der Waals surface area (Å²) in [6.07, 6.45) is 7.55. The molecule has 1 atom stereocenters. The fourth-order valence-electron chi connectivity index (χ4n) is 2.81. The molecule has 8 nitrogen and oxygen atoms in total. The highest BCUT2D eigenvalue weighted by atomic mass is 16.2. The van der Waals surface area contributed by atoms with Crippen LogP contribution in [0.15, 0.2) is 30.9 Å². The number of hydrogen-bond donors (Lipinski definition) is 0. The first kappa shape index (κ1) is 13.5. The van der Waals surface area contributed by atoms with Crippen LogP contribution in [0, 0.1) is 17.2 Å². The number of amides is 1. The van der Waals surface area contributed by atoms with Crippen molar-refractivity contribution in [1.29, 1.82) is 5.26 Å². The molecule has 0 N–H and O–H groups in total. The first-order chi connectivity index (χ1) is 11.2. The van der Waals surface area contributed by atoms with Crippen molar-refractivity contribution in [3.8, 4) is 17.3 Å². The number of nitriles is 1. The maximum absolute atomic E-state index is 12.4. The number of carbonyl (C=O) groups is 1. The average molecular weight is 307 g/mol. The third kappa shape index (κ3) is 2.05. The van der Waals surface area contributed by atoms with Gasteiger partial charge in [-0.15, -0.1) is 0 Å². The van der Waals surface area contributed by atoms with E-state index >= 15 is 0 Å². The Kier molecular flexibility index (Phi) is 2.87. The summed E-state index contributed by atoms with van der Waals surface area (Å²) in [5.74, 6) is -0.264. The number of aryl methyl sites for hydroxylation is 1. The highest BCUT2D eigenvalue weighted by Gasteiger charge is 2.34. The summed E-state index contributed by atoms with van der Waals surface area (Å²) in [6.45, 7) is 0.487. The summed E-state index contributed by atoms with van der Waals surface area (Å²) in [5.41, 5.74) is 2.26. The highest BCUT2D eigenvalue weighted by Crippen LogP contribution is 2.29. The van der Waals surface area contributed by atoms with Crippen molar-refractivity contribution in [2.45, 2.75) is 6.42 Å². The van der Waals surface area contributed by atoms with Gasteiger partial charge in [0.05, 0.1) is 30.4 Å². The van der Waals surface area contributed by atoms with Gasteiger partial charge in [-0.1, -0.05) is 0 Å². The summed E-state index contributed by atoms with van der Waals surface area (Å²) in [4.78, 5) is 18.6. The number of fused-ring (bicyclic) bond motifs is 1. The number of carbonyl (C=O) groups excluding carboxylic acids is 1. The van der Waals surface area contributed by atoms with Crippen LogP contribution in [0.5, 0.6) is 0 Å². The van der Waals surface area contributed by atoms with Gasteiger partial charge >= 0.3 is 0 Å². The molecule has 1 unspecified atom stereocenters. The third-order valence-corrected chi connectivity index (χ3v) is 3.99. The number of rotatable bonds is 2. The molecule has 4 rings (SSSR count). The summed E-state index contributed by atoms with van der Waals surface area (Å²) in [7, 11) is 1.83. The number of hydrogen-bond acceptors (Lipinski definition) is 5. The van der Waals surface area contributed by atoms with Gasteiger partial charge in [-0.05, 0) is 12.5 Å². The van der Waals surface area contributed by atoms with E-state index in [0.717, 1.165) is 11.1 Å². The van der Waals surface area contributed by atoms with E-state index in [9.17, 15) is 4.79 Å². The van der Waals surface area contributed by atoms with Crippen LogP contribution in [-0.2, 0) is 11.8 Å². The molecule has 1 saturated heterocycles. The third-order valence-electron chi connectivity index (χ3n) is 3.99. The molecule has 0 spiro atoms. The minimum absolute atomic E-state index is 0.202. The van der Waals surface area contributed by atoms with E-state index in [1.54, 1.807) is 32.7 Å². The van der Waals surface area contributed by atoms with Crippen molar-refractivity contribution in [1.82, 2.24) is 24.4 Å². The maximum Gasteiger partial charge on any atom is 0.245 e. The Balaban J connectivity index is 1.87. The quantitative estimate of drug-likeness (QED) is 0.704. The van der Waals surface area contributed by atoms with E-state index in [1.807, 2.05) is 19.3 Å². The molecule has 1 fully saturated rings. The largest absolute Gasteiger partial charge is 0.294 e. The van der Waals surface area contributed by atoms with Gasteiger partial charge in [0, 0.05) is 25.4 Å². The van der Waals surface area contributed by atoms with Crippen LogP contribution in [0.4, 0.5) is 5.82 Å². The van der Waals surface area contributed by atoms with Crippen LogP contribution in [0.25, 0.3) is 16.8 Å². The molecule has 1 amide bonds. The molecule has 3 aromatic heterocycles. The minimum atomic E-state index is -0.596. The van der Waals surface area contributed by atoms with Crippen molar-refractivity contribution in [3.63, 3.8) is 0 Å². The van der Waals surface area contributed by atoms with Crippen LogP contribution in [0.3, 0.4) is 0 Å². The van der Waals surface area contributed by atoms with E-state index in [1.165, 1.54) is 0 Å². The molecular weight excluding hydrogens is 294 g/mol. The van der Waals surface area contributed by atoms with E-state index < -0.39 is 5.92 Å². The number of aromatic nitrogens is 5. The van der Waals surface area contributed by atoms with Gasteiger partial charge in [0.1, 0.15) is 11.4 Å². The van der Waals surface area contributed by atoms with E-state index in [-0.39, 0.29) is 5.91 Å². The Bertz CT molecular complexity index is 948. The molecule has 114 valence electrons. The van der Waals surface area contributed by atoms with Crippen LogP contribution in [0.2, 0.25) is 0 Å². The molecular formula is C15H13N7O. The van der Waals surface area contributed by atoms with Crippen molar-refractivity contribution in [2.75, 3.05) is 11.4 Å². The van der Waals surface area contributed by atoms with Gasteiger partial charge in [-0.3, -0.25) is 14.4 Å². The molecule has 1 aliphatic heterocycles. The van der Waals surface area contributed by atoms with Crippen LogP contribution in [0.1, 0.15) is 6.42 Å². The molecule has 0 aliphatic carbocycles. The van der Waals surface area contributed by atoms with Gasteiger partial charge in [0.2, 0.25) is 5.91 Å². The second kappa shape index (κ2) is 4.91. The van der Waals surface area contributed by atoms with Crippen LogP contribution in [-0.4, -0.2) is 36.8 Å². The molecule has 3 aromatic rings. The summed E-state index contributed by atoms with van der Waals surface area (Å²) >= 11 is 0. The van der Waals surface area contributed by atoms with E-state index in [2.05, 4.69) is 21.3 Å². The predicted octanol–water partition coefficient (Wildman–Crippen LogP) is 1.01. The predicted molar refractivity (Wildman–Crippen MR) is 81.3 cm³/mol. The minimum Gasteiger partial charge on any atom is -0.294 e. The van der Waals surface area contributed by atoms with Crippen molar-refractivity contribution >= 4 is 17.2 Å². The second-order valence-electron chi connectivity index (χ2n) is 5.47. The summed E-state index contributed by atoms with van der Waals surface area (Å²) in [5, 5.41) is 17.5. The van der Waals surface area contributed by atoms with E-state index in [4.69, 9.17) is 5.26 Å². The molecule has 0 bridgehead atoms. The van der Waals surface area contributed by atoms with Gasteiger partial charge in [-0.2, -0.15) is 15.5 Å². The maximum atomic E-state index is 12.4. The van der Waals surface area contributed by atoms with Crippen molar-refractivity contribution in [3.05, 3.63) is 30.9 Å². The highest BCUT2D eigenvalue weighted by molar-refractivity contribution is 6.01. The lowest BCUT2D eigenvalue weighted by atomic mass is 10.1. The van der Waals surface area contributed by atoms with Gasteiger partial charge in [-0.25, -0.2) is 9.50 Å². The zero-order valence-electron chi connectivity index (χ0n) is 12.4. The average Bonchev–Trinajstić information content (AvgIpc) is 3.25. The standard InChI is InChI=1S/C15H13N7O/c1-20-8-11(7-18-20)12-9-22-13(2-4-17-22)14(19-12)21-5-3-10(6-16)15(21)23/h2,4,7-10H,3,5H2,1H3. The van der Waals surface area contributed by atoms with Gasteiger partial charge in [0.25, 0.3) is 0 Å². The second-order valence-corrected chi connectivity index (χ2v) is 5.47. The van der Waals surface area contributed by atoms with Gasteiger partial charge < -0.3 is 0 Å². The molecule has 23 heavy (non-hydrogen) atoms. The Morgan fingerprint density at radius 3 is 2.91 bits per heavy atom. The Morgan fingerprint density at radius 2 is 2.22 bits per heavy atom. The Morgan fingerprint density at radius 1 is 1.35 bits per heavy atom. The molecule has 0 radical (unpaired) electrons. The lowest BCUT2D eigenvalue weighted by Gasteiger charge is -2.16. The molecule has 1 aliphatic rings. The first-order valence-electron chi connectivity index (χ1n) is 7.22. The lowest BCUT2D eigenvalue weighted by molar-refractivity contribution is -0.119. The molecule has 0 aromatic carbocycles. The number of nitrogens with zero attached hydrogens (tertiary/aromatic N) is 7. The summed E-state index contributed by atoms with van der Waals surface area (Å²) in [6, 6.07) is 3.86. The Labute approximate surface area is 131 Å². The smallest absolute Gasteiger partial charge is 0.245 e. The van der Waals surface area contributed by atoms with Crippen LogP contribution < -0.4 is 4.90 Å². The first-order valence-corrected chi connectivity index (χ1v) is 7.22. The fraction of sp³-hybridized carbons (Fsp3) is 0.267.